The Morgan fingerprint density at radius 1 is 1.35 bits per heavy atom. The second-order valence-electron chi connectivity index (χ2n) is 7.01. The van der Waals surface area contributed by atoms with Crippen LogP contribution in [0.3, 0.4) is 0 Å². The normalized spacial score (nSPS) is 18.1. The molecule has 0 aromatic carbocycles. The number of pyridine rings is 1. The van der Waals surface area contributed by atoms with Crippen LogP contribution in [0.1, 0.15) is 37.3 Å². The van der Waals surface area contributed by atoms with Gasteiger partial charge in [0.25, 0.3) is 0 Å². The van der Waals surface area contributed by atoms with E-state index in [0.29, 0.717) is 26.1 Å². The summed E-state index contributed by atoms with van der Waals surface area (Å²) < 4.78 is 7.69. The topological polar surface area (TPSA) is 85.2 Å². The van der Waals surface area contributed by atoms with Crippen LogP contribution in [0.4, 0.5) is 5.69 Å². The number of fused-ring (bicyclic) bond motifs is 1. The lowest BCUT2D eigenvalue weighted by Gasteiger charge is -2.41. The zero-order valence-corrected chi connectivity index (χ0v) is 15.0. The van der Waals surface area contributed by atoms with Gasteiger partial charge in [0.2, 0.25) is 5.91 Å². The molecule has 8 nitrogen and oxygen atoms in total. The van der Waals surface area contributed by atoms with E-state index in [9.17, 15) is 4.79 Å². The molecule has 4 rings (SSSR count). The fraction of sp³-hybridized carbons (Fsp3) is 0.556. The third-order valence-electron chi connectivity index (χ3n) is 5.47. The van der Waals surface area contributed by atoms with E-state index in [4.69, 9.17) is 4.74 Å². The van der Waals surface area contributed by atoms with Crippen molar-refractivity contribution < 1.29 is 9.53 Å². The Kier molecular flexibility index (Phi) is 4.58. The maximum Gasteiger partial charge on any atom is 0.225 e. The number of carbonyl (C=O) groups excluding carboxylic acids is 1. The van der Waals surface area contributed by atoms with Crippen molar-refractivity contribution in [3.8, 4) is 0 Å². The molecule has 26 heavy (non-hydrogen) atoms. The van der Waals surface area contributed by atoms with Gasteiger partial charge in [0.15, 0.2) is 11.6 Å². The van der Waals surface area contributed by atoms with Crippen LogP contribution in [-0.2, 0) is 29.2 Å². The van der Waals surface area contributed by atoms with Gasteiger partial charge in [0.1, 0.15) is 0 Å². The molecule has 1 aliphatic carbocycles. The molecule has 2 aromatic rings. The Balaban J connectivity index is 1.37. The van der Waals surface area contributed by atoms with Gasteiger partial charge in [-0.3, -0.25) is 9.78 Å². The number of carbonyl (C=O) groups is 1. The first-order valence-corrected chi connectivity index (χ1v) is 9.07. The summed E-state index contributed by atoms with van der Waals surface area (Å²) in [5.74, 6) is 1.87. The van der Waals surface area contributed by atoms with Crippen LogP contribution < -0.4 is 5.32 Å². The smallest absolute Gasteiger partial charge is 0.225 e. The maximum atomic E-state index is 12.7. The lowest BCUT2D eigenvalue weighted by molar-refractivity contribution is -0.145. The highest BCUT2D eigenvalue weighted by atomic mass is 16.5. The minimum absolute atomic E-state index is 0.149. The van der Waals surface area contributed by atoms with Crippen LogP contribution in [0.15, 0.2) is 24.5 Å². The summed E-state index contributed by atoms with van der Waals surface area (Å²) in [4.78, 5) is 18.6. The summed E-state index contributed by atoms with van der Waals surface area (Å²) in [6.45, 7) is 2.50. The zero-order valence-electron chi connectivity index (χ0n) is 15.0. The average Bonchev–Trinajstić information content (AvgIpc) is 3.06. The second-order valence-corrected chi connectivity index (χ2v) is 7.01. The quantitative estimate of drug-likeness (QED) is 0.846. The predicted molar refractivity (Wildman–Crippen MR) is 95.2 cm³/mol. The van der Waals surface area contributed by atoms with Crippen LogP contribution in [0.25, 0.3) is 0 Å². The van der Waals surface area contributed by atoms with E-state index in [1.807, 2.05) is 17.0 Å². The number of nitrogens with zero attached hydrogens (tertiary/aromatic N) is 5. The van der Waals surface area contributed by atoms with E-state index in [-0.39, 0.29) is 11.5 Å². The monoisotopic (exact) mass is 356 g/mol. The maximum absolute atomic E-state index is 12.7. The van der Waals surface area contributed by atoms with E-state index < -0.39 is 0 Å². The van der Waals surface area contributed by atoms with E-state index >= 15 is 0 Å². The van der Waals surface area contributed by atoms with Gasteiger partial charge in [0.05, 0.1) is 30.8 Å². The van der Waals surface area contributed by atoms with Gasteiger partial charge in [-0.25, -0.2) is 0 Å². The molecule has 1 N–H and O–H groups in total. The number of hydrogen-bond acceptors (Lipinski definition) is 6. The average molecular weight is 356 g/mol. The highest BCUT2D eigenvalue weighted by Crippen LogP contribution is 2.38. The SMILES string of the molecule is COC1(CC(=O)N2CCn3c(CNc4cccnc4)nnc3C2)CCC1. The van der Waals surface area contributed by atoms with Crippen molar-refractivity contribution in [3.63, 3.8) is 0 Å². The first-order chi connectivity index (χ1) is 12.7. The van der Waals surface area contributed by atoms with Gasteiger partial charge < -0.3 is 19.5 Å². The molecule has 1 aliphatic heterocycles. The summed E-state index contributed by atoms with van der Waals surface area (Å²) in [5.41, 5.74) is 0.712. The van der Waals surface area contributed by atoms with E-state index in [0.717, 1.165) is 43.1 Å². The molecule has 0 bridgehead atoms. The molecule has 2 aliphatic rings. The summed E-state index contributed by atoms with van der Waals surface area (Å²) >= 11 is 0. The Morgan fingerprint density at radius 2 is 2.23 bits per heavy atom. The zero-order chi connectivity index (χ0) is 18.0. The fourth-order valence-electron chi connectivity index (χ4n) is 3.62. The molecular weight excluding hydrogens is 332 g/mol. The van der Waals surface area contributed by atoms with Crippen molar-refractivity contribution in [1.29, 1.82) is 0 Å². The molecule has 0 spiro atoms. The molecule has 1 amide bonds. The van der Waals surface area contributed by atoms with Crippen molar-refractivity contribution in [2.24, 2.45) is 0 Å². The number of hydrogen-bond donors (Lipinski definition) is 1. The van der Waals surface area contributed by atoms with Crippen LogP contribution >= 0.6 is 0 Å². The molecule has 2 aromatic heterocycles. The molecule has 0 radical (unpaired) electrons. The first-order valence-electron chi connectivity index (χ1n) is 9.07. The van der Waals surface area contributed by atoms with E-state index in [1.165, 1.54) is 0 Å². The minimum Gasteiger partial charge on any atom is -0.378 e. The number of nitrogens with one attached hydrogen (secondary N) is 1. The standard InChI is InChI=1S/C18H24N6O2/c1-26-18(5-3-6-18)10-17(25)23-8-9-24-15(21-22-16(24)13-23)12-20-14-4-2-7-19-11-14/h2,4,7,11,20H,3,5-6,8-10,12-13H2,1H3. The molecule has 0 atom stereocenters. The number of ether oxygens (including phenoxy) is 1. The molecule has 0 saturated heterocycles. The summed E-state index contributed by atoms with van der Waals surface area (Å²) in [6.07, 6.45) is 7.08. The summed E-state index contributed by atoms with van der Waals surface area (Å²) in [5, 5.41) is 11.9. The van der Waals surface area contributed by atoms with Gasteiger partial charge in [-0.1, -0.05) is 0 Å². The second kappa shape index (κ2) is 7.03. The Bertz CT molecular complexity index is 766. The fourth-order valence-corrected chi connectivity index (χ4v) is 3.62. The lowest BCUT2D eigenvalue weighted by Crippen LogP contribution is -2.47. The molecule has 1 saturated carbocycles. The Morgan fingerprint density at radius 3 is 2.92 bits per heavy atom. The highest BCUT2D eigenvalue weighted by Gasteiger charge is 2.40. The third-order valence-corrected chi connectivity index (χ3v) is 5.47. The van der Waals surface area contributed by atoms with Crippen molar-refractivity contribution in [2.45, 2.75) is 50.9 Å². The molecule has 0 unspecified atom stereocenters. The van der Waals surface area contributed by atoms with Crippen LogP contribution in [0.5, 0.6) is 0 Å². The van der Waals surface area contributed by atoms with Crippen LogP contribution in [0, 0.1) is 0 Å². The van der Waals surface area contributed by atoms with Gasteiger partial charge in [-0.15, -0.1) is 10.2 Å². The highest BCUT2D eigenvalue weighted by molar-refractivity contribution is 5.77. The molecule has 8 heteroatoms. The van der Waals surface area contributed by atoms with Crippen LogP contribution in [-0.4, -0.2) is 49.8 Å². The molecule has 138 valence electrons. The Labute approximate surface area is 152 Å². The number of methoxy groups -OCH3 is 1. The van der Waals surface area contributed by atoms with Crippen LogP contribution in [0.2, 0.25) is 0 Å². The van der Waals surface area contributed by atoms with Crippen molar-refractivity contribution in [2.75, 3.05) is 19.0 Å². The van der Waals surface area contributed by atoms with Crippen molar-refractivity contribution in [1.82, 2.24) is 24.6 Å². The molecule has 3 heterocycles. The predicted octanol–water partition coefficient (Wildman–Crippen LogP) is 1.59. The molecule has 1 fully saturated rings. The number of aromatic nitrogens is 4. The minimum atomic E-state index is -0.235. The molecular formula is C18H24N6O2. The van der Waals surface area contributed by atoms with Gasteiger partial charge in [-0.2, -0.15) is 0 Å². The summed E-state index contributed by atoms with van der Waals surface area (Å²) in [7, 11) is 1.71. The summed E-state index contributed by atoms with van der Waals surface area (Å²) in [6, 6.07) is 3.85. The number of rotatable bonds is 6. The van der Waals surface area contributed by atoms with Gasteiger partial charge in [-0.05, 0) is 31.4 Å². The van der Waals surface area contributed by atoms with Gasteiger partial charge >= 0.3 is 0 Å². The first kappa shape index (κ1) is 17.0. The van der Waals surface area contributed by atoms with E-state index in [1.54, 1.807) is 19.5 Å². The van der Waals surface area contributed by atoms with E-state index in [2.05, 4.69) is 25.1 Å². The largest absolute Gasteiger partial charge is 0.378 e. The van der Waals surface area contributed by atoms with Crippen molar-refractivity contribution in [3.05, 3.63) is 36.2 Å². The Hall–Kier alpha value is -2.48. The van der Waals surface area contributed by atoms with Gasteiger partial charge in [0, 0.05) is 32.6 Å². The van der Waals surface area contributed by atoms with Crippen molar-refractivity contribution >= 4 is 11.6 Å². The lowest BCUT2D eigenvalue weighted by atomic mass is 9.77. The number of amides is 1. The number of anilines is 1. The third kappa shape index (κ3) is 3.29.